The van der Waals surface area contributed by atoms with Crippen molar-refractivity contribution in [3.8, 4) is 0 Å². The van der Waals surface area contributed by atoms with Gasteiger partial charge in [-0.1, -0.05) is 13.3 Å². The zero-order valence-corrected chi connectivity index (χ0v) is 7.90. The smallest absolute Gasteiger partial charge is 0.114 e. The Labute approximate surface area is 72.0 Å². The molecular formula is C8H14N2S. The van der Waals surface area contributed by atoms with E-state index >= 15 is 0 Å². The van der Waals surface area contributed by atoms with Crippen LogP contribution in [0, 0.1) is 0 Å². The van der Waals surface area contributed by atoms with Gasteiger partial charge in [-0.2, -0.15) is 0 Å². The molecule has 0 fully saturated rings. The van der Waals surface area contributed by atoms with Gasteiger partial charge in [0.1, 0.15) is 5.03 Å². The second kappa shape index (κ2) is 4.44. The van der Waals surface area contributed by atoms with E-state index in [1.54, 1.807) is 0 Å². The van der Waals surface area contributed by atoms with Gasteiger partial charge in [-0.25, -0.2) is 4.98 Å². The van der Waals surface area contributed by atoms with Crippen molar-refractivity contribution in [2.24, 2.45) is 7.05 Å². The highest BCUT2D eigenvalue weighted by Gasteiger charge is 1.95. The minimum absolute atomic E-state index is 1.14. The van der Waals surface area contributed by atoms with E-state index in [2.05, 4.69) is 18.1 Å². The minimum Gasteiger partial charge on any atom is -0.339 e. The van der Waals surface area contributed by atoms with Crippen LogP contribution in [0.5, 0.6) is 0 Å². The fraction of sp³-hybridized carbons (Fsp3) is 0.625. The van der Waals surface area contributed by atoms with E-state index < -0.39 is 0 Å². The molecule has 0 N–H and O–H groups in total. The van der Waals surface area contributed by atoms with Gasteiger partial charge >= 0.3 is 0 Å². The maximum absolute atomic E-state index is 4.21. The van der Waals surface area contributed by atoms with Crippen molar-refractivity contribution < 1.29 is 0 Å². The maximum atomic E-state index is 4.21. The predicted octanol–water partition coefficient (Wildman–Crippen LogP) is 2.31. The second-order valence-electron chi connectivity index (χ2n) is 2.58. The number of thioether (sulfide) groups is 1. The van der Waals surface area contributed by atoms with Crippen LogP contribution in [-0.2, 0) is 7.05 Å². The number of hydrogen-bond donors (Lipinski definition) is 0. The molecule has 3 heteroatoms. The third-order valence-electron chi connectivity index (χ3n) is 1.43. The van der Waals surface area contributed by atoms with Gasteiger partial charge < -0.3 is 4.57 Å². The molecule has 1 aromatic heterocycles. The highest BCUT2D eigenvalue weighted by atomic mass is 32.2. The van der Waals surface area contributed by atoms with E-state index in [1.165, 1.54) is 18.6 Å². The molecule has 0 aliphatic carbocycles. The first-order chi connectivity index (χ1) is 5.33. The van der Waals surface area contributed by atoms with E-state index in [1.807, 2.05) is 29.7 Å². The summed E-state index contributed by atoms with van der Waals surface area (Å²) in [6, 6.07) is 0. The molecule has 1 rings (SSSR count). The average Bonchev–Trinajstić information content (AvgIpc) is 2.37. The van der Waals surface area contributed by atoms with Crippen molar-refractivity contribution in [1.82, 2.24) is 9.55 Å². The molecule has 1 aromatic rings. The number of aromatic nitrogens is 2. The van der Waals surface area contributed by atoms with Crippen LogP contribution in [0.2, 0.25) is 0 Å². The summed E-state index contributed by atoms with van der Waals surface area (Å²) in [5.74, 6) is 1.19. The lowest BCUT2D eigenvalue weighted by Gasteiger charge is -1.93. The van der Waals surface area contributed by atoms with Crippen LogP contribution >= 0.6 is 11.8 Å². The van der Waals surface area contributed by atoms with Crippen molar-refractivity contribution in [3.05, 3.63) is 12.5 Å². The number of nitrogens with zero attached hydrogens (tertiary/aromatic N) is 2. The number of hydrogen-bond acceptors (Lipinski definition) is 2. The monoisotopic (exact) mass is 170 g/mol. The summed E-state index contributed by atoms with van der Waals surface area (Å²) in [6.45, 7) is 2.21. The number of rotatable bonds is 4. The molecule has 0 unspecified atom stereocenters. The first-order valence-corrected chi connectivity index (χ1v) is 4.92. The van der Waals surface area contributed by atoms with Gasteiger partial charge in [-0.05, 0) is 12.2 Å². The summed E-state index contributed by atoms with van der Waals surface area (Å²) in [7, 11) is 2.00. The van der Waals surface area contributed by atoms with Crippen molar-refractivity contribution >= 4 is 11.8 Å². The third kappa shape index (κ3) is 2.97. The summed E-state index contributed by atoms with van der Waals surface area (Å²) < 4.78 is 1.98. The Hall–Kier alpha value is -0.440. The van der Waals surface area contributed by atoms with Crippen LogP contribution in [0.4, 0.5) is 0 Å². The van der Waals surface area contributed by atoms with Gasteiger partial charge in [0.05, 0.1) is 6.33 Å². The van der Waals surface area contributed by atoms with Crippen molar-refractivity contribution in [2.45, 2.75) is 24.8 Å². The lowest BCUT2D eigenvalue weighted by atomic mass is 10.4. The standard InChI is InChI=1S/C8H14N2S/c1-3-4-5-11-8-6-10(2)7-9-8/h6-7H,3-5H2,1-2H3. The van der Waals surface area contributed by atoms with E-state index in [0.717, 1.165) is 5.03 Å². The molecular weight excluding hydrogens is 156 g/mol. The largest absolute Gasteiger partial charge is 0.339 e. The number of unbranched alkanes of at least 4 members (excludes halogenated alkanes) is 1. The molecule has 0 aromatic carbocycles. The molecule has 2 nitrogen and oxygen atoms in total. The van der Waals surface area contributed by atoms with Crippen LogP contribution in [0.1, 0.15) is 19.8 Å². The predicted molar refractivity (Wildman–Crippen MR) is 48.8 cm³/mol. The Morgan fingerprint density at radius 3 is 3.00 bits per heavy atom. The molecule has 62 valence electrons. The summed E-state index contributed by atoms with van der Waals surface area (Å²) in [5, 5.41) is 1.14. The van der Waals surface area contributed by atoms with Gasteiger partial charge in [0.2, 0.25) is 0 Å². The zero-order valence-electron chi connectivity index (χ0n) is 7.08. The summed E-state index contributed by atoms with van der Waals surface area (Å²) in [5.41, 5.74) is 0. The molecule has 0 atom stereocenters. The molecule has 0 radical (unpaired) electrons. The number of aryl methyl sites for hydroxylation is 1. The highest BCUT2D eigenvalue weighted by Crippen LogP contribution is 2.15. The Kier molecular flexibility index (Phi) is 3.49. The molecule has 0 saturated carbocycles. The fourth-order valence-corrected chi connectivity index (χ4v) is 1.79. The maximum Gasteiger partial charge on any atom is 0.114 e. The Bertz CT molecular complexity index is 208. The van der Waals surface area contributed by atoms with Crippen LogP contribution < -0.4 is 0 Å². The van der Waals surface area contributed by atoms with Gasteiger partial charge in [0.25, 0.3) is 0 Å². The highest BCUT2D eigenvalue weighted by molar-refractivity contribution is 7.99. The van der Waals surface area contributed by atoms with Gasteiger partial charge in [0, 0.05) is 13.2 Å². The third-order valence-corrected chi connectivity index (χ3v) is 2.43. The second-order valence-corrected chi connectivity index (χ2v) is 3.69. The van der Waals surface area contributed by atoms with Crippen LogP contribution in [0.3, 0.4) is 0 Å². The van der Waals surface area contributed by atoms with Crippen molar-refractivity contribution in [2.75, 3.05) is 5.75 Å². The van der Waals surface area contributed by atoms with Gasteiger partial charge in [0.15, 0.2) is 0 Å². The minimum atomic E-state index is 1.14. The molecule has 1 heterocycles. The summed E-state index contributed by atoms with van der Waals surface area (Å²) in [4.78, 5) is 4.21. The molecule has 0 spiro atoms. The van der Waals surface area contributed by atoms with Crippen molar-refractivity contribution in [3.63, 3.8) is 0 Å². The SMILES string of the molecule is CCCCSc1cn(C)cn1. The molecule has 0 aliphatic rings. The van der Waals surface area contributed by atoms with E-state index in [-0.39, 0.29) is 0 Å². The van der Waals surface area contributed by atoms with E-state index in [9.17, 15) is 0 Å². The lowest BCUT2D eigenvalue weighted by molar-refractivity contribution is 0.894. The Morgan fingerprint density at radius 2 is 2.45 bits per heavy atom. The molecule has 0 saturated heterocycles. The zero-order chi connectivity index (χ0) is 8.10. The van der Waals surface area contributed by atoms with Crippen LogP contribution in [-0.4, -0.2) is 15.3 Å². The summed E-state index contributed by atoms with van der Waals surface area (Å²) in [6.07, 6.45) is 6.44. The van der Waals surface area contributed by atoms with Gasteiger partial charge in [-0.3, -0.25) is 0 Å². The quantitative estimate of drug-likeness (QED) is 0.510. The van der Waals surface area contributed by atoms with Gasteiger partial charge in [-0.15, -0.1) is 11.8 Å². The first kappa shape index (κ1) is 8.65. The summed E-state index contributed by atoms with van der Waals surface area (Å²) >= 11 is 1.83. The molecule has 0 aliphatic heterocycles. The van der Waals surface area contributed by atoms with E-state index in [0.29, 0.717) is 0 Å². The average molecular weight is 170 g/mol. The first-order valence-electron chi connectivity index (χ1n) is 3.93. The Morgan fingerprint density at radius 1 is 1.64 bits per heavy atom. The van der Waals surface area contributed by atoms with Crippen LogP contribution in [0.15, 0.2) is 17.6 Å². The Balaban J connectivity index is 2.27. The van der Waals surface area contributed by atoms with E-state index in [4.69, 9.17) is 0 Å². The number of imidazole rings is 1. The molecule has 11 heavy (non-hydrogen) atoms. The van der Waals surface area contributed by atoms with Crippen LogP contribution in [0.25, 0.3) is 0 Å². The topological polar surface area (TPSA) is 17.8 Å². The lowest BCUT2D eigenvalue weighted by Crippen LogP contribution is -1.78. The normalized spacial score (nSPS) is 10.4. The van der Waals surface area contributed by atoms with Crippen molar-refractivity contribution in [1.29, 1.82) is 0 Å². The molecule has 0 amide bonds. The molecule has 0 bridgehead atoms. The fourth-order valence-electron chi connectivity index (χ4n) is 0.784.